The Labute approximate surface area is 136 Å². The molecule has 1 aromatic rings. The third-order valence-corrected chi connectivity index (χ3v) is 5.04. The summed E-state index contributed by atoms with van der Waals surface area (Å²) in [6, 6.07) is 10.0. The lowest BCUT2D eigenvalue weighted by atomic mass is 9.94. The van der Waals surface area contributed by atoms with E-state index in [-0.39, 0.29) is 23.6 Å². The number of benzene rings is 1. The minimum atomic E-state index is -0.957. The number of hydrogen-bond donors (Lipinski definition) is 2. The van der Waals surface area contributed by atoms with Gasteiger partial charge in [0.25, 0.3) is 0 Å². The van der Waals surface area contributed by atoms with Crippen LogP contribution in [0, 0.1) is 11.3 Å². The molecule has 122 valence electrons. The van der Waals surface area contributed by atoms with E-state index >= 15 is 0 Å². The predicted octanol–water partition coefficient (Wildman–Crippen LogP) is 3.17. The Morgan fingerprint density at radius 1 is 1.23 bits per heavy atom. The van der Waals surface area contributed by atoms with Crippen molar-refractivity contribution in [3.05, 3.63) is 35.9 Å². The molecule has 0 aromatic heterocycles. The third-order valence-electron chi connectivity index (χ3n) is 3.42. The van der Waals surface area contributed by atoms with Crippen LogP contribution in [0.3, 0.4) is 0 Å². The van der Waals surface area contributed by atoms with Crippen LogP contribution in [0.25, 0.3) is 0 Å². The SMILES string of the molecule is CC(C)C(SCc1ccccc1)C(=O)NCC(C)(C)C(=O)O. The highest BCUT2D eigenvalue weighted by atomic mass is 32.2. The minimum absolute atomic E-state index is 0.0924. The second-order valence-electron chi connectivity index (χ2n) is 6.37. The van der Waals surface area contributed by atoms with Crippen LogP contribution >= 0.6 is 11.8 Å². The van der Waals surface area contributed by atoms with E-state index in [0.29, 0.717) is 0 Å². The summed E-state index contributed by atoms with van der Waals surface area (Å²) in [6.45, 7) is 7.36. The molecule has 5 heteroatoms. The molecule has 4 nitrogen and oxygen atoms in total. The van der Waals surface area contributed by atoms with Crippen molar-refractivity contribution >= 4 is 23.6 Å². The number of carbonyl (C=O) groups excluding carboxylic acids is 1. The molecular formula is C17H25NO3S. The van der Waals surface area contributed by atoms with Crippen molar-refractivity contribution in [2.45, 2.75) is 38.7 Å². The highest BCUT2D eigenvalue weighted by molar-refractivity contribution is 7.99. The van der Waals surface area contributed by atoms with Crippen molar-refractivity contribution in [3.63, 3.8) is 0 Å². The van der Waals surface area contributed by atoms with Gasteiger partial charge in [0.1, 0.15) is 0 Å². The monoisotopic (exact) mass is 323 g/mol. The minimum Gasteiger partial charge on any atom is -0.481 e. The number of carboxylic acid groups (broad SMARTS) is 1. The zero-order chi connectivity index (χ0) is 16.8. The number of carboxylic acids is 1. The van der Waals surface area contributed by atoms with E-state index < -0.39 is 11.4 Å². The van der Waals surface area contributed by atoms with Crippen LogP contribution in [0.2, 0.25) is 0 Å². The molecule has 1 rings (SSSR count). The Morgan fingerprint density at radius 3 is 2.32 bits per heavy atom. The molecule has 0 aliphatic rings. The first-order chi connectivity index (χ1) is 10.2. The quantitative estimate of drug-likeness (QED) is 0.771. The standard InChI is InChI=1S/C17H25NO3S/c1-12(2)14(22-10-13-8-6-5-7-9-13)15(19)18-11-17(3,4)16(20)21/h5-9,12,14H,10-11H2,1-4H3,(H,18,19)(H,20,21). The molecule has 0 aliphatic heterocycles. The fourth-order valence-corrected chi connectivity index (χ4v) is 3.00. The summed E-state index contributed by atoms with van der Waals surface area (Å²) in [4.78, 5) is 23.4. The largest absolute Gasteiger partial charge is 0.481 e. The van der Waals surface area contributed by atoms with Gasteiger partial charge < -0.3 is 10.4 Å². The highest BCUT2D eigenvalue weighted by Gasteiger charge is 2.30. The van der Waals surface area contributed by atoms with Gasteiger partial charge in [-0.1, -0.05) is 44.2 Å². The van der Waals surface area contributed by atoms with E-state index in [9.17, 15) is 9.59 Å². The number of amides is 1. The smallest absolute Gasteiger partial charge is 0.310 e. The summed E-state index contributed by atoms with van der Waals surface area (Å²) in [5.74, 6) is -0.0582. The van der Waals surface area contributed by atoms with Crippen LogP contribution < -0.4 is 5.32 Å². The van der Waals surface area contributed by atoms with Crippen LogP contribution in [0.1, 0.15) is 33.3 Å². The zero-order valence-corrected chi connectivity index (χ0v) is 14.4. The van der Waals surface area contributed by atoms with E-state index in [1.54, 1.807) is 25.6 Å². The number of nitrogens with one attached hydrogen (secondary N) is 1. The second kappa shape index (κ2) is 8.22. The molecule has 1 atom stereocenters. The Morgan fingerprint density at radius 2 is 1.82 bits per heavy atom. The molecule has 1 amide bonds. The maximum Gasteiger partial charge on any atom is 0.310 e. The number of aliphatic carboxylic acids is 1. The van der Waals surface area contributed by atoms with Gasteiger partial charge in [-0.3, -0.25) is 9.59 Å². The highest BCUT2D eigenvalue weighted by Crippen LogP contribution is 2.24. The topological polar surface area (TPSA) is 66.4 Å². The van der Waals surface area contributed by atoms with Crippen molar-refractivity contribution in [2.75, 3.05) is 6.54 Å². The lowest BCUT2D eigenvalue weighted by Crippen LogP contribution is -2.43. The van der Waals surface area contributed by atoms with Crippen LogP contribution in [0.5, 0.6) is 0 Å². The lowest BCUT2D eigenvalue weighted by molar-refractivity contribution is -0.146. The molecule has 0 fully saturated rings. The Bertz CT molecular complexity index is 500. The van der Waals surface area contributed by atoms with Crippen molar-refractivity contribution in [3.8, 4) is 0 Å². The summed E-state index contributed by atoms with van der Waals surface area (Å²) in [5, 5.41) is 11.7. The molecule has 1 aromatic carbocycles. The third kappa shape index (κ3) is 5.72. The summed E-state index contributed by atoms with van der Waals surface area (Å²) < 4.78 is 0. The molecule has 0 radical (unpaired) electrons. The van der Waals surface area contributed by atoms with Gasteiger partial charge in [0.2, 0.25) is 5.91 Å². The molecule has 0 saturated carbocycles. The van der Waals surface area contributed by atoms with Crippen molar-refractivity contribution < 1.29 is 14.7 Å². The van der Waals surface area contributed by atoms with Crippen LogP contribution in [0.15, 0.2) is 30.3 Å². The van der Waals surface area contributed by atoms with Gasteiger partial charge in [-0.25, -0.2) is 0 Å². The van der Waals surface area contributed by atoms with Gasteiger partial charge in [-0.05, 0) is 25.3 Å². The first kappa shape index (κ1) is 18.6. The normalized spacial score (nSPS) is 13.0. The van der Waals surface area contributed by atoms with E-state index in [1.807, 2.05) is 44.2 Å². The first-order valence-electron chi connectivity index (χ1n) is 7.40. The van der Waals surface area contributed by atoms with Gasteiger partial charge in [0.15, 0.2) is 0 Å². The first-order valence-corrected chi connectivity index (χ1v) is 8.45. The average Bonchev–Trinajstić information content (AvgIpc) is 2.46. The Balaban J connectivity index is 2.59. The summed E-state index contributed by atoms with van der Waals surface area (Å²) in [5.41, 5.74) is 0.221. The molecule has 0 bridgehead atoms. The second-order valence-corrected chi connectivity index (χ2v) is 7.50. The van der Waals surface area contributed by atoms with Crippen molar-refractivity contribution in [2.24, 2.45) is 11.3 Å². The maximum atomic E-state index is 12.4. The van der Waals surface area contributed by atoms with E-state index in [4.69, 9.17) is 5.11 Å². The summed E-state index contributed by atoms with van der Waals surface area (Å²) in [6.07, 6.45) is 0. The van der Waals surface area contributed by atoms with Gasteiger partial charge in [-0.2, -0.15) is 0 Å². The lowest BCUT2D eigenvalue weighted by Gasteiger charge is -2.24. The van der Waals surface area contributed by atoms with E-state index in [1.165, 1.54) is 5.56 Å². The van der Waals surface area contributed by atoms with Gasteiger partial charge in [0.05, 0.1) is 10.7 Å². The van der Waals surface area contributed by atoms with Gasteiger partial charge >= 0.3 is 5.97 Å². The molecule has 0 heterocycles. The van der Waals surface area contributed by atoms with Gasteiger partial charge in [-0.15, -0.1) is 11.8 Å². The number of rotatable bonds is 8. The molecular weight excluding hydrogens is 298 g/mol. The maximum absolute atomic E-state index is 12.4. The molecule has 22 heavy (non-hydrogen) atoms. The fraction of sp³-hybridized carbons (Fsp3) is 0.529. The van der Waals surface area contributed by atoms with Crippen LogP contribution in [-0.4, -0.2) is 28.8 Å². The molecule has 1 unspecified atom stereocenters. The van der Waals surface area contributed by atoms with Crippen LogP contribution in [0.4, 0.5) is 0 Å². The number of hydrogen-bond acceptors (Lipinski definition) is 3. The zero-order valence-electron chi connectivity index (χ0n) is 13.6. The average molecular weight is 323 g/mol. The Hall–Kier alpha value is -1.49. The van der Waals surface area contributed by atoms with Crippen molar-refractivity contribution in [1.29, 1.82) is 0 Å². The molecule has 0 saturated heterocycles. The number of carbonyl (C=O) groups is 2. The van der Waals surface area contributed by atoms with E-state index in [0.717, 1.165) is 5.75 Å². The molecule has 2 N–H and O–H groups in total. The Kier molecular flexibility index (Phi) is 6.94. The fourth-order valence-electron chi connectivity index (χ4n) is 1.82. The van der Waals surface area contributed by atoms with Crippen LogP contribution in [-0.2, 0) is 15.3 Å². The summed E-state index contributed by atoms with van der Waals surface area (Å²) >= 11 is 1.59. The van der Waals surface area contributed by atoms with Crippen molar-refractivity contribution in [1.82, 2.24) is 5.32 Å². The summed E-state index contributed by atoms with van der Waals surface area (Å²) in [7, 11) is 0. The molecule has 0 spiro atoms. The van der Waals surface area contributed by atoms with E-state index in [2.05, 4.69) is 5.32 Å². The molecule has 0 aliphatic carbocycles. The number of thioether (sulfide) groups is 1. The van der Waals surface area contributed by atoms with Gasteiger partial charge in [0, 0.05) is 12.3 Å². The predicted molar refractivity (Wildman–Crippen MR) is 90.8 cm³/mol.